The summed E-state index contributed by atoms with van der Waals surface area (Å²) < 4.78 is 78.8. The van der Waals surface area contributed by atoms with Crippen LogP contribution in [0.15, 0.2) is 41.3 Å². The molecule has 1 amide bonds. The molecule has 40 heavy (non-hydrogen) atoms. The van der Waals surface area contributed by atoms with Crippen molar-refractivity contribution in [1.82, 2.24) is 10.6 Å². The number of carbonyl (C=O) groups is 2. The first-order valence-corrected chi connectivity index (χ1v) is 13.9. The number of anilines is 2. The van der Waals surface area contributed by atoms with Crippen molar-refractivity contribution in [3.05, 3.63) is 52.8 Å². The summed E-state index contributed by atoms with van der Waals surface area (Å²) in [4.78, 5) is 23.9. The topological polar surface area (TPSA) is 137 Å². The third kappa shape index (κ3) is 8.68. The second-order valence-electron chi connectivity index (χ2n) is 8.80. The minimum absolute atomic E-state index is 0.0125. The second kappa shape index (κ2) is 13.5. The minimum atomic E-state index is -5.08. The van der Waals surface area contributed by atoms with E-state index in [1.165, 1.54) is 6.07 Å². The largest absolute Gasteiger partial charge is 0.490 e. The molecule has 2 fully saturated rings. The van der Waals surface area contributed by atoms with Crippen LogP contribution in [0.2, 0.25) is 5.02 Å². The predicted octanol–water partition coefficient (Wildman–Crippen LogP) is 3.23. The van der Waals surface area contributed by atoms with E-state index >= 15 is 0 Å². The van der Waals surface area contributed by atoms with Gasteiger partial charge in [-0.1, -0.05) is 11.6 Å². The van der Waals surface area contributed by atoms with Crippen LogP contribution in [0.4, 0.5) is 28.9 Å². The Morgan fingerprint density at radius 2 is 1.82 bits per heavy atom. The third-order valence-electron chi connectivity index (χ3n) is 5.91. The first kappa shape index (κ1) is 31.4. The number of ether oxygens (including phenoxy) is 1. The number of nitrogens with zero attached hydrogens (tertiary/aromatic N) is 1. The zero-order valence-corrected chi connectivity index (χ0v) is 22.5. The number of alkyl halides is 3. The molecule has 0 radical (unpaired) electrons. The van der Waals surface area contributed by atoms with Crippen LogP contribution >= 0.6 is 11.6 Å². The highest BCUT2D eigenvalue weighted by atomic mass is 35.5. The number of carboxylic acids is 1. The van der Waals surface area contributed by atoms with E-state index in [0.29, 0.717) is 18.7 Å². The molecule has 0 bridgehead atoms. The highest BCUT2D eigenvalue weighted by Gasteiger charge is 2.38. The molecule has 2 saturated heterocycles. The number of aliphatic carboxylic acids is 1. The van der Waals surface area contributed by atoms with Gasteiger partial charge in [-0.25, -0.2) is 17.6 Å². The summed E-state index contributed by atoms with van der Waals surface area (Å²) in [6.07, 6.45) is -3.23. The van der Waals surface area contributed by atoms with Gasteiger partial charge in [0.15, 0.2) is 0 Å². The molecule has 4 N–H and O–H groups in total. The molecule has 2 aliphatic heterocycles. The van der Waals surface area contributed by atoms with E-state index in [1.54, 1.807) is 12.1 Å². The summed E-state index contributed by atoms with van der Waals surface area (Å²) in [7, 11) is -4.03. The molecule has 0 aliphatic carbocycles. The van der Waals surface area contributed by atoms with Crippen molar-refractivity contribution in [2.45, 2.75) is 30.0 Å². The number of carboxylic acid groups (broad SMARTS) is 1. The van der Waals surface area contributed by atoms with Gasteiger partial charge in [-0.15, -0.1) is 0 Å². The maximum Gasteiger partial charge on any atom is 0.490 e. The van der Waals surface area contributed by atoms with Crippen LogP contribution in [0.3, 0.4) is 0 Å². The summed E-state index contributed by atoms with van der Waals surface area (Å²) in [6.45, 7) is 4.12. The fourth-order valence-corrected chi connectivity index (χ4v) is 5.25. The normalized spacial score (nSPS) is 17.5. The molecule has 2 heterocycles. The highest BCUT2D eigenvalue weighted by Crippen LogP contribution is 2.28. The van der Waals surface area contributed by atoms with Crippen molar-refractivity contribution in [2.24, 2.45) is 0 Å². The summed E-state index contributed by atoms with van der Waals surface area (Å²) in [5.74, 6) is -3.77. The molecule has 220 valence electrons. The van der Waals surface area contributed by atoms with Crippen molar-refractivity contribution >= 4 is 44.9 Å². The maximum atomic E-state index is 13.5. The Bertz CT molecular complexity index is 1320. The van der Waals surface area contributed by atoms with Gasteiger partial charge in [0.1, 0.15) is 5.82 Å². The monoisotopic (exact) mass is 610 g/mol. The standard InChI is InChI=1S/C22H26ClFN4O4S.C2HF3O2/c23-19-13-17(4-5-20(19)24)33(30,31)27-15-3-6-21(28-9-7-25-8-10-28)18(12-15)22(29)26-14-16-2-1-11-32-16;3-2(4,5)1(6)7/h3-6,12-13,16,25,27H,1-2,7-11,14H2,(H,26,29);(H,6,7). The average molecular weight is 611 g/mol. The van der Waals surface area contributed by atoms with Gasteiger partial charge in [-0.2, -0.15) is 13.2 Å². The van der Waals surface area contributed by atoms with Crippen LogP contribution in [0, 0.1) is 5.82 Å². The fourth-order valence-electron chi connectivity index (χ4n) is 3.93. The van der Waals surface area contributed by atoms with Crippen LogP contribution in [-0.4, -0.2) is 77.0 Å². The van der Waals surface area contributed by atoms with E-state index in [-0.39, 0.29) is 27.6 Å². The number of rotatable bonds is 7. The van der Waals surface area contributed by atoms with Crippen LogP contribution in [0.5, 0.6) is 0 Å². The Morgan fingerprint density at radius 3 is 2.40 bits per heavy atom. The fraction of sp³-hybridized carbons (Fsp3) is 0.417. The van der Waals surface area contributed by atoms with Crippen LogP contribution in [-0.2, 0) is 19.6 Å². The van der Waals surface area contributed by atoms with Gasteiger partial charge in [0.25, 0.3) is 15.9 Å². The molecule has 1 unspecified atom stereocenters. The van der Waals surface area contributed by atoms with Crippen molar-refractivity contribution in [1.29, 1.82) is 0 Å². The summed E-state index contributed by atoms with van der Waals surface area (Å²) in [6, 6.07) is 8.04. The van der Waals surface area contributed by atoms with E-state index in [1.807, 2.05) is 0 Å². The van der Waals surface area contributed by atoms with Crippen molar-refractivity contribution in [2.75, 3.05) is 49.0 Å². The Morgan fingerprint density at radius 1 is 1.15 bits per heavy atom. The van der Waals surface area contributed by atoms with E-state index in [0.717, 1.165) is 62.9 Å². The number of sulfonamides is 1. The third-order valence-corrected chi connectivity index (χ3v) is 7.58. The second-order valence-corrected chi connectivity index (χ2v) is 10.9. The SMILES string of the molecule is O=C(NCC1CCCO1)c1cc(NS(=O)(=O)c2ccc(F)c(Cl)c2)ccc1N1CCNCC1.O=C(O)C(F)(F)F. The van der Waals surface area contributed by atoms with Crippen molar-refractivity contribution in [3.8, 4) is 0 Å². The van der Waals surface area contributed by atoms with Gasteiger partial charge < -0.3 is 25.4 Å². The summed E-state index contributed by atoms with van der Waals surface area (Å²) in [5, 5.41) is 13.0. The Labute approximate surface area is 232 Å². The number of benzene rings is 2. The van der Waals surface area contributed by atoms with E-state index < -0.39 is 28.0 Å². The van der Waals surface area contributed by atoms with E-state index in [4.69, 9.17) is 26.2 Å². The summed E-state index contributed by atoms with van der Waals surface area (Å²) >= 11 is 5.74. The van der Waals surface area contributed by atoms with Gasteiger partial charge in [0.05, 0.1) is 21.6 Å². The predicted molar refractivity (Wildman–Crippen MR) is 139 cm³/mol. The molecule has 2 aliphatic rings. The van der Waals surface area contributed by atoms with Crippen LogP contribution in [0.1, 0.15) is 23.2 Å². The molecule has 10 nitrogen and oxygen atoms in total. The smallest absolute Gasteiger partial charge is 0.475 e. The zero-order valence-electron chi connectivity index (χ0n) is 20.9. The maximum absolute atomic E-state index is 13.5. The molecule has 0 saturated carbocycles. The van der Waals surface area contributed by atoms with Gasteiger partial charge in [0, 0.05) is 50.7 Å². The number of halogens is 5. The number of nitrogens with one attached hydrogen (secondary N) is 3. The quantitative estimate of drug-likeness (QED) is 0.351. The molecule has 0 spiro atoms. The van der Waals surface area contributed by atoms with Crippen LogP contribution in [0.25, 0.3) is 0 Å². The number of piperazine rings is 1. The molecule has 16 heteroatoms. The lowest BCUT2D eigenvalue weighted by Gasteiger charge is -2.31. The Balaban J connectivity index is 0.000000559. The van der Waals surface area contributed by atoms with Crippen molar-refractivity contribution < 1.29 is 45.4 Å². The minimum Gasteiger partial charge on any atom is -0.475 e. The zero-order chi connectivity index (χ0) is 29.5. The molecule has 1 atom stereocenters. The molecular weight excluding hydrogens is 584 g/mol. The van der Waals surface area contributed by atoms with E-state index in [9.17, 15) is 30.8 Å². The lowest BCUT2D eigenvalue weighted by molar-refractivity contribution is -0.192. The lowest BCUT2D eigenvalue weighted by Crippen LogP contribution is -2.44. The van der Waals surface area contributed by atoms with Crippen molar-refractivity contribution in [3.63, 3.8) is 0 Å². The first-order valence-electron chi connectivity index (χ1n) is 12.1. The van der Waals surface area contributed by atoms with E-state index in [2.05, 4.69) is 20.3 Å². The molecule has 2 aromatic carbocycles. The Kier molecular flexibility index (Phi) is 10.6. The van der Waals surface area contributed by atoms with Gasteiger partial charge in [0.2, 0.25) is 0 Å². The van der Waals surface area contributed by atoms with Gasteiger partial charge in [-0.3, -0.25) is 9.52 Å². The number of hydrogen-bond donors (Lipinski definition) is 4. The van der Waals surface area contributed by atoms with Gasteiger partial charge in [-0.05, 0) is 49.2 Å². The Hall–Kier alpha value is -3.14. The van der Waals surface area contributed by atoms with Gasteiger partial charge >= 0.3 is 12.1 Å². The number of hydrogen-bond acceptors (Lipinski definition) is 7. The molecule has 4 rings (SSSR count). The summed E-state index contributed by atoms with van der Waals surface area (Å²) in [5.41, 5.74) is 1.32. The number of carbonyl (C=O) groups excluding carboxylic acids is 1. The average Bonchev–Trinajstić information content (AvgIpc) is 3.43. The molecular formula is C24H27ClF4N4O6S. The number of amides is 1. The molecule has 0 aromatic heterocycles. The highest BCUT2D eigenvalue weighted by molar-refractivity contribution is 7.92. The lowest BCUT2D eigenvalue weighted by atomic mass is 10.1. The first-order chi connectivity index (χ1) is 18.8. The van der Waals surface area contributed by atoms with Crippen LogP contribution < -0.4 is 20.3 Å². The molecule has 2 aromatic rings.